The van der Waals surface area contributed by atoms with Gasteiger partial charge >= 0.3 is 11.9 Å². The number of carboxylic acid groups (broad SMARTS) is 2. The van der Waals surface area contributed by atoms with Gasteiger partial charge in [-0.2, -0.15) is 0 Å². The second kappa shape index (κ2) is 5.34. The van der Waals surface area contributed by atoms with E-state index in [0.717, 1.165) is 5.56 Å². The fourth-order valence-corrected chi connectivity index (χ4v) is 1.64. The lowest BCUT2D eigenvalue weighted by Crippen LogP contribution is -2.16. The van der Waals surface area contributed by atoms with E-state index in [1.165, 1.54) is 7.11 Å². The van der Waals surface area contributed by atoms with Gasteiger partial charge < -0.3 is 14.9 Å². The molecule has 2 N–H and O–H groups in total. The van der Waals surface area contributed by atoms with Gasteiger partial charge in [0.15, 0.2) is 0 Å². The topological polar surface area (TPSA) is 83.8 Å². The molecule has 1 atom stereocenters. The van der Waals surface area contributed by atoms with Crippen molar-refractivity contribution in [1.29, 1.82) is 0 Å². The van der Waals surface area contributed by atoms with Gasteiger partial charge in [-0.15, -0.1) is 0 Å². The Bertz CT molecular complexity index is 439. The molecule has 0 bridgehead atoms. The third kappa shape index (κ3) is 3.21. The second-order valence-electron chi connectivity index (χ2n) is 3.72. The second-order valence-corrected chi connectivity index (χ2v) is 3.72. The molecule has 1 aromatic carbocycles. The number of hydrogen-bond donors (Lipinski definition) is 2. The Kier molecular flexibility index (Phi) is 4.09. The monoisotopic (exact) mass is 238 g/mol. The Morgan fingerprint density at radius 3 is 2.41 bits per heavy atom. The maximum Gasteiger partial charge on any atom is 0.311 e. The van der Waals surface area contributed by atoms with Gasteiger partial charge in [-0.25, -0.2) is 0 Å². The zero-order valence-electron chi connectivity index (χ0n) is 9.64. The van der Waals surface area contributed by atoms with Crippen LogP contribution in [-0.2, 0) is 9.59 Å². The van der Waals surface area contributed by atoms with Crippen molar-refractivity contribution in [3.8, 4) is 5.75 Å². The number of carbonyl (C=O) groups is 2. The Balaban J connectivity index is 3.06. The molecule has 0 aliphatic heterocycles. The van der Waals surface area contributed by atoms with Gasteiger partial charge in [0.25, 0.3) is 0 Å². The van der Waals surface area contributed by atoms with Gasteiger partial charge in [0, 0.05) is 0 Å². The van der Waals surface area contributed by atoms with Crippen LogP contribution in [0, 0.1) is 6.92 Å². The molecule has 0 heterocycles. The van der Waals surface area contributed by atoms with Crippen LogP contribution in [0.5, 0.6) is 5.75 Å². The predicted molar refractivity (Wildman–Crippen MR) is 60.4 cm³/mol. The standard InChI is InChI=1S/C12H14O5/c1-7-5-8(3-4-10(7)17-2)9(12(15)16)6-11(13)14/h3-5,9H,6H2,1-2H3,(H,13,14)(H,15,16). The molecule has 0 saturated carbocycles. The van der Waals surface area contributed by atoms with Crippen molar-refractivity contribution >= 4 is 11.9 Å². The molecule has 1 unspecified atom stereocenters. The molecule has 17 heavy (non-hydrogen) atoms. The summed E-state index contributed by atoms with van der Waals surface area (Å²) in [6, 6.07) is 4.86. The number of benzene rings is 1. The van der Waals surface area contributed by atoms with Crippen LogP contribution in [0.25, 0.3) is 0 Å². The normalized spacial score (nSPS) is 11.9. The highest BCUT2D eigenvalue weighted by atomic mass is 16.5. The predicted octanol–water partition coefficient (Wildman–Crippen LogP) is 1.65. The van der Waals surface area contributed by atoms with E-state index in [0.29, 0.717) is 11.3 Å². The highest BCUT2D eigenvalue weighted by Gasteiger charge is 2.23. The number of ether oxygens (including phenoxy) is 1. The van der Waals surface area contributed by atoms with E-state index in [4.69, 9.17) is 14.9 Å². The number of rotatable bonds is 5. The van der Waals surface area contributed by atoms with E-state index in [1.807, 2.05) is 0 Å². The van der Waals surface area contributed by atoms with Gasteiger partial charge in [0.2, 0.25) is 0 Å². The molecule has 0 aromatic heterocycles. The highest BCUT2D eigenvalue weighted by molar-refractivity contribution is 5.82. The minimum atomic E-state index is -1.14. The average molecular weight is 238 g/mol. The Morgan fingerprint density at radius 2 is 2.00 bits per heavy atom. The van der Waals surface area contributed by atoms with E-state index in [-0.39, 0.29) is 0 Å². The van der Waals surface area contributed by atoms with Gasteiger partial charge in [-0.05, 0) is 24.1 Å². The van der Waals surface area contributed by atoms with Crippen LogP contribution in [0.1, 0.15) is 23.5 Å². The van der Waals surface area contributed by atoms with Crippen LogP contribution in [0.15, 0.2) is 18.2 Å². The summed E-state index contributed by atoms with van der Waals surface area (Å²) in [6.07, 6.45) is -0.429. The van der Waals surface area contributed by atoms with Crippen molar-refractivity contribution in [2.75, 3.05) is 7.11 Å². The molecule has 0 aliphatic carbocycles. The summed E-state index contributed by atoms with van der Waals surface area (Å²) in [5.41, 5.74) is 1.25. The van der Waals surface area contributed by atoms with Gasteiger partial charge in [-0.1, -0.05) is 12.1 Å². The summed E-state index contributed by atoms with van der Waals surface area (Å²) in [4.78, 5) is 21.6. The van der Waals surface area contributed by atoms with Gasteiger partial charge in [-0.3, -0.25) is 9.59 Å². The lowest BCUT2D eigenvalue weighted by atomic mass is 9.94. The molecular formula is C12H14O5. The third-order valence-electron chi connectivity index (χ3n) is 2.50. The molecule has 0 saturated heterocycles. The number of hydrogen-bond acceptors (Lipinski definition) is 3. The number of methoxy groups -OCH3 is 1. The van der Waals surface area contributed by atoms with Crippen molar-refractivity contribution in [1.82, 2.24) is 0 Å². The molecule has 0 radical (unpaired) electrons. The Labute approximate surface area is 98.6 Å². The smallest absolute Gasteiger partial charge is 0.311 e. The first-order valence-electron chi connectivity index (χ1n) is 5.05. The zero-order valence-corrected chi connectivity index (χ0v) is 9.64. The number of aliphatic carboxylic acids is 2. The van der Waals surface area contributed by atoms with E-state index >= 15 is 0 Å². The van der Waals surface area contributed by atoms with E-state index in [9.17, 15) is 9.59 Å². The lowest BCUT2D eigenvalue weighted by molar-refractivity contribution is -0.145. The van der Waals surface area contributed by atoms with Crippen LogP contribution in [0.2, 0.25) is 0 Å². The van der Waals surface area contributed by atoms with Crippen LogP contribution >= 0.6 is 0 Å². The number of carboxylic acids is 2. The first-order chi connectivity index (χ1) is 7.95. The average Bonchev–Trinajstić information content (AvgIpc) is 2.25. The lowest BCUT2D eigenvalue weighted by Gasteiger charge is -2.12. The molecule has 1 aromatic rings. The van der Waals surface area contributed by atoms with Crippen molar-refractivity contribution < 1.29 is 24.5 Å². The summed E-state index contributed by atoms with van der Waals surface area (Å²) in [7, 11) is 1.52. The maximum atomic E-state index is 11.0. The van der Waals surface area contributed by atoms with E-state index < -0.39 is 24.3 Å². The Morgan fingerprint density at radius 1 is 1.35 bits per heavy atom. The maximum absolute atomic E-state index is 11.0. The van der Waals surface area contributed by atoms with Crippen LogP contribution < -0.4 is 4.74 Å². The van der Waals surface area contributed by atoms with Gasteiger partial charge in [0.05, 0.1) is 19.4 Å². The van der Waals surface area contributed by atoms with Crippen LogP contribution in [-0.4, -0.2) is 29.3 Å². The SMILES string of the molecule is COc1ccc(C(CC(=O)O)C(=O)O)cc1C. The van der Waals surface area contributed by atoms with Crippen LogP contribution in [0.4, 0.5) is 0 Å². The molecule has 0 aliphatic rings. The highest BCUT2D eigenvalue weighted by Crippen LogP contribution is 2.26. The summed E-state index contributed by atoms with van der Waals surface area (Å²) in [5.74, 6) is -2.66. The summed E-state index contributed by atoms with van der Waals surface area (Å²) in [6.45, 7) is 1.78. The minimum Gasteiger partial charge on any atom is -0.496 e. The largest absolute Gasteiger partial charge is 0.496 e. The number of aryl methyl sites for hydroxylation is 1. The summed E-state index contributed by atoms with van der Waals surface area (Å²) in [5, 5.41) is 17.7. The van der Waals surface area contributed by atoms with Crippen molar-refractivity contribution in [3.63, 3.8) is 0 Å². The zero-order chi connectivity index (χ0) is 13.0. The van der Waals surface area contributed by atoms with Crippen molar-refractivity contribution in [2.45, 2.75) is 19.3 Å². The van der Waals surface area contributed by atoms with Gasteiger partial charge in [0.1, 0.15) is 5.75 Å². The molecule has 1 rings (SSSR count). The molecular weight excluding hydrogens is 224 g/mol. The summed E-state index contributed by atoms with van der Waals surface area (Å²) < 4.78 is 5.06. The molecule has 0 amide bonds. The fourth-order valence-electron chi connectivity index (χ4n) is 1.64. The fraction of sp³-hybridized carbons (Fsp3) is 0.333. The molecule has 5 heteroatoms. The van der Waals surface area contributed by atoms with Crippen molar-refractivity contribution in [2.24, 2.45) is 0 Å². The first-order valence-corrected chi connectivity index (χ1v) is 5.05. The van der Waals surface area contributed by atoms with E-state index in [2.05, 4.69) is 0 Å². The molecule has 0 spiro atoms. The minimum absolute atomic E-state index is 0.429. The Hall–Kier alpha value is -2.04. The van der Waals surface area contributed by atoms with E-state index in [1.54, 1.807) is 25.1 Å². The molecule has 0 fully saturated rings. The third-order valence-corrected chi connectivity index (χ3v) is 2.50. The molecule has 92 valence electrons. The summed E-state index contributed by atoms with van der Waals surface area (Å²) >= 11 is 0. The van der Waals surface area contributed by atoms with Crippen molar-refractivity contribution in [3.05, 3.63) is 29.3 Å². The quantitative estimate of drug-likeness (QED) is 0.814. The van der Waals surface area contributed by atoms with Crippen LogP contribution in [0.3, 0.4) is 0 Å². The molecule has 5 nitrogen and oxygen atoms in total. The first kappa shape index (κ1) is 13.0.